The second kappa shape index (κ2) is 34.7. The standard InChI is InChI=1S/3C48H30/c1-4-18-35-31(13-1)16-11-25-37(35)34-27-28-44-46(30-34)48(45-29-33-15-3-6-20-38(33)39-21-7-8-22-40(39)45)43-24-10-9-23-42(43)47(44)41-26-12-17-32-14-2-5-19-36(32)41;1-2-14-33-28-34(25-24-31(33)12-1)35-26-27-44-46(29-35)47(41-23-11-16-32-13-3-5-17-37(32)41)42-21-9-10-22-43(42)48(44)45-30-36-15-4-6-18-38(36)39-19-7-8-20-40(39)45;1-2-14-33-28-34(25-24-31(33)12-1)35-26-27-44-46(29-35)48(45-30-36-15-4-6-18-38(36)39-19-7-8-20-40(39)45)43-22-10-9-21-42(43)47(44)41-23-11-16-32-13-3-5-17-37(32)41/h3*1-30H/i3*1D,2D,3D,4D,5D,6D,7D,8D,9D,10D,11D,12D,13D,14D,15D,16D,17D,18D,19D,20D,21D,22D,23D,24D,25D,26D,27D,28D,29D,30D. The molecule has 30 rings (SSSR count). The molecule has 0 aliphatic carbocycles. The zero-order valence-corrected chi connectivity index (χ0v) is 72.0. The molecule has 0 heteroatoms. The van der Waals surface area contributed by atoms with Crippen molar-refractivity contribution in [3.63, 3.8) is 0 Å². The van der Waals surface area contributed by atoms with Crippen LogP contribution < -0.4 is 0 Å². The molecule has 144 heavy (non-hydrogen) atoms. The van der Waals surface area contributed by atoms with Gasteiger partial charge in [-0.25, -0.2) is 0 Å². The molecular weight excluding hydrogens is 1730 g/mol. The molecule has 0 amide bonds. The predicted molar refractivity (Wildman–Crippen MR) is 623 cm³/mol. The third-order valence-electron chi connectivity index (χ3n) is 23.9. The summed E-state index contributed by atoms with van der Waals surface area (Å²) in [6.07, 6.45) is 0. The van der Waals surface area contributed by atoms with Crippen LogP contribution in [0.3, 0.4) is 0 Å². The third-order valence-corrected chi connectivity index (χ3v) is 23.9. The van der Waals surface area contributed by atoms with Gasteiger partial charge < -0.3 is 0 Å². The lowest BCUT2D eigenvalue weighted by Crippen LogP contribution is -1.94. The Hall–Kier alpha value is -18.7. The van der Waals surface area contributed by atoms with Crippen molar-refractivity contribution in [1.82, 2.24) is 0 Å². The van der Waals surface area contributed by atoms with E-state index in [1.165, 1.54) is 0 Å². The van der Waals surface area contributed by atoms with E-state index in [1.54, 1.807) is 0 Å². The van der Waals surface area contributed by atoms with Crippen LogP contribution in [0.2, 0.25) is 0 Å². The summed E-state index contributed by atoms with van der Waals surface area (Å²) in [5.74, 6) is 0. The van der Waals surface area contributed by atoms with Gasteiger partial charge in [0.25, 0.3) is 0 Å². The normalized spacial score (nSPS) is 20.5. The molecule has 0 aliphatic rings. The Morgan fingerprint density at radius 3 is 0.590 bits per heavy atom. The van der Waals surface area contributed by atoms with E-state index < -0.39 is 838 Å². The van der Waals surface area contributed by atoms with E-state index in [9.17, 15) is 48.0 Å². The van der Waals surface area contributed by atoms with Crippen molar-refractivity contribution < 1.29 is 123 Å². The summed E-state index contributed by atoms with van der Waals surface area (Å²) >= 11 is 0. The minimum atomic E-state index is -1.17. The first-order chi connectivity index (χ1) is 109. The van der Waals surface area contributed by atoms with Crippen LogP contribution in [0.5, 0.6) is 0 Å². The van der Waals surface area contributed by atoms with E-state index >= 15 is 0 Å². The van der Waals surface area contributed by atoms with Crippen molar-refractivity contribution in [1.29, 1.82) is 0 Å². The quantitative estimate of drug-likeness (QED) is 0.0998. The minimum absolute atomic E-state index is 0.607. The Bertz CT molecular complexity index is 16500. The van der Waals surface area contributed by atoms with Gasteiger partial charge in [0.1, 0.15) is 0 Å². The van der Waals surface area contributed by atoms with Crippen LogP contribution in [0, 0.1) is 0 Å². The molecular formula is C144H90. The molecule has 0 heterocycles. The molecule has 0 atom stereocenters. The Kier molecular flexibility index (Phi) is 7.95. The topological polar surface area (TPSA) is 0 Å². The maximum atomic E-state index is 10.4. The first-order valence-corrected chi connectivity index (χ1v) is 42.8. The van der Waals surface area contributed by atoms with Gasteiger partial charge in [-0.2, -0.15) is 0 Å². The van der Waals surface area contributed by atoms with Crippen LogP contribution in [0.25, 0.3) is 294 Å². The second-order valence-electron chi connectivity index (χ2n) is 31.5. The Morgan fingerprint density at radius 2 is 0.271 bits per heavy atom. The van der Waals surface area contributed by atoms with Gasteiger partial charge in [-0.3, -0.25) is 0 Å². The average molecular weight is 1910 g/mol. The Morgan fingerprint density at radius 1 is 0.0833 bits per heavy atom. The molecule has 666 valence electrons. The van der Waals surface area contributed by atoms with Gasteiger partial charge >= 0.3 is 0 Å². The van der Waals surface area contributed by atoms with Gasteiger partial charge in [-0.05, 0) is 342 Å². The highest BCUT2D eigenvalue weighted by Gasteiger charge is 2.27. The van der Waals surface area contributed by atoms with E-state index in [4.69, 9.17) is 75.4 Å². The lowest BCUT2D eigenvalue weighted by Gasteiger charge is -2.21. The van der Waals surface area contributed by atoms with Crippen molar-refractivity contribution in [2.45, 2.75) is 0 Å². The number of hydrogen-bond donors (Lipinski definition) is 0. The predicted octanol–water partition coefficient (Wildman–Crippen LogP) is 40.8. The summed E-state index contributed by atoms with van der Waals surface area (Å²) in [7, 11) is 0. The van der Waals surface area contributed by atoms with Crippen LogP contribution in [0.1, 0.15) is 123 Å². The molecule has 0 aliphatic heterocycles. The Balaban J connectivity index is 0.000000151. The highest BCUT2D eigenvalue weighted by molar-refractivity contribution is 6.32. The molecule has 0 saturated heterocycles. The Labute approximate surface area is 960 Å². The SMILES string of the molecule is [2H]c1c([2H])c([2H])c2c(-c3c([2H])c([2H])c4c(-c5c([2H])c([2H])c([2H])c6c([2H])c([2H])c([2H])c([2H])c56)c5c([2H])c([2H])c([2H])c([2H])c5c(-c5c([2H])c6c([2H])c([2H])c([2H])c([2H])c6c6c([2H])c([2H])c([2H])c([2H])c56)c4c3[2H])c([2H])c([2H])c([2H])c2c1[2H].[2H]c1c([2H])c([2H])c2c([2H])c(-c3c([2H])c([2H])c4c(-c5c([2H])c([2H])c([2H])c6c([2H])c([2H])c([2H])c([2H])c56)c5c([2H])c([2H])c([2H])c([2H])c5c(-c5c([2H])c6c([2H])c([2H])c([2H])c([2H])c6c6c([2H])c([2H])c([2H])c([2H])c56)c4c3[2H])c([2H])c([2H])c2c1[2H].[2H]c1c([2H])c([2H])c2c([2H])c(-c3c([2H])c([2H])c4c(-c5c([2H])c6c([2H])c([2H])c([2H])c([2H])c6c6c([2H])c([2H])c([2H])c([2H])c56)c5c([2H])c([2H])c([2H])c([2H])c5c(-c5c([2H])c([2H])c([2H])c6c([2H])c([2H])c([2H])c([2H])c56)c4c3[2H])c([2H])c([2H])c2c1[2H]. The van der Waals surface area contributed by atoms with Gasteiger partial charge in [0.15, 0.2) is 0 Å². The number of benzene rings is 30. The minimum Gasteiger partial charge on any atom is -0.0616 e. The molecule has 0 aromatic heterocycles. The molecule has 0 N–H and O–H groups in total. The van der Waals surface area contributed by atoms with Crippen molar-refractivity contribution in [3.8, 4) is 100 Å². The van der Waals surface area contributed by atoms with Gasteiger partial charge in [0.2, 0.25) is 0 Å². The lowest BCUT2D eigenvalue weighted by molar-refractivity contribution is 1.66. The van der Waals surface area contributed by atoms with E-state index in [0.717, 1.165) is 0 Å². The molecule has 0 spiro atoms. The smallest absolute Gasteiger partial charge is 0.0616 e. The van der Waals surface area contributed by atoms with Gasteiger partial charge in [0.05, 0.1) is 123 Å². The fraction of sp³-hybridized carbons (Fsp3) is 0. The summed E-state index contributed by atoms with van der Waals surface area (Å²) in [6.45, 7) is 0. The molecule has 0 saturated carbocycles. The van der Waals surface area contributed by atoms with Crippen molar-refractivity contribution in [3.05, 3.63) is 544 Å². The van der Waals surface area contributed by atoms with Crippen LogP contribution in [0.4, 0.5) is 0 Å². The third kappa shape index (κ3) is 14.0. The van der Waals surface area contributed by atoms with Crippen molar-refractivity contribution in [2.75, 3.05) is 0 Å². The maximum Gasteiger partial charge on any atom is 0.0636 e. The first-order valence-electron chi connectivity index (χ1n) is 87.8. The fourth-order valence-corrected chi connectivity index (χ4v) is 17.8. The molecule has 0 nitrogen and oxygen atoms in total. The fourth-order valence-electron chi connectivity index (χ4n) is 17.8. The molecule has 0 fully saturated rings. The van der Waals surface area contributed by atoms with E-state index in [-0.39, 0.29) is 0 Å². The summed E-state index contributed by atoms with van der Waals surface area (Å²) in [4.78, 5) is 0. The largest absolute Gasteiger partial charge is 0.0636 e. The van der Waals surface area contributed by atoms with E-state index in [0.29, 0.717) is 0 Å². The number of fused-ring (bicyclic) bond motifs is 21. The van der Waals surface area contributed by atoms with Gasteiger partial charge in [0, 0.05) is 0 Å². The summed E-state index contributed by atoms with van der Waals surface area (Å²) < 4.78 is 822. The van der Waals surface area contributed by atoms with Crippen LogP contribution in [0.15, 0.2) is 544 Å². The van der Waals surface area contributed by atoms with E-state index in [1.807, 2.05) is 0 Å². The second-order valence-corrected chi connectivity index (χ2v) is 31.5. The summed E-state index contributed by atoms with van der Waals surface area (Å²) in [6, 6.07) is -89.6. The molecule has 30 aromatic carbocycles. The summed E-state index contributed by atoms with van der Waals surface area (Å²) in [5, 5.41) is -27.2. The van der Waals surface area contributed by atoms with Crippen LogP contribution in [-0.2, 0) is 0 Å². The average Bonchev–Trinajstić information content (AvgIpc) is 0.673. The first kappa shape index (κ1) is 33.0. The lowest BCUT2D eigenvalue weighted by atomic mass is 9.82. The highest BCUT2D eigenvalue weighted by Crippen LogP contribution is 2.55. The number of hydrogen-bond acceptors (Lipinski definition) is 0. The molecule has 0 bridgehead atoms. The van der Waals surface area contributed by atoms with Gasteiger partial charge in [-0.1, -0.05) is 495 Å². The maximum absolute atomic E-state index is 10.4. The molecule has 0 radical (unpaired) electrons. The summed E-state index contributed by atoms with van der Waals surface area (Å²) in [5.41, 5.74) is -15.6. The number of rotatable bonds is 9. The zero-order chi connectivity index (χ0) is 173. The van der Waals surface area contributed by atoms with Crippen LogP contribution in [-0.4, -0.2) is 0 Å². The van der Waals surface area contributed by atoms with Crippen molar-refractivity contribution >= 4 is 194 Å². The highest BCUT2D eigenvalue weighted by atomic mass is 14.3. The monoisotopic (exact) mass is 1910 g/mol. The van der Waals surface area contributed by atoms with Crippen molar-refractivity contribution in [2.24, 2.45) is 0 Å². The zero-order valence-electron chi connectivity index (χ0n) is 162. The van der Waals surface area contributed by atoms with Gasteiger partial charge in [-0.15, -0.1) is 0 Å². The van der Waals surface area contributed by atoms with E-state index in [2.05, 4.69) is 0 Å². The molecule has 0 unspecified atom stereocenters. The molecule has 30 aromatic rings. The van der Waals surface area contributed by atoms with Crippen LogP contribution >= 0.6 is 0 Å².